The Morgan fingerprint density at radius 2 is 2.00 bits per heavy atom. The van der Waals surface area contributed by atoms with Gasteiger partial charge in [-0.2, -0.15) is 0 Å². The summed E-state index contributed by atoms with van der Waals surface area (Å²) in [6, 6.07) is 10.3. The number of esters is 1. The molecule has 0 aliphatic heterocycles. The van der Waals surface area contributed by atoms with Crippen molar-refractivity contribution in [3.8, 4) is 0 Å². The van der Waals surface area contributed by atoms with Crippen molar-refractivity contribution >= 4 is 33.3 Å². The van der Waals surface area contributed by atoms with Crippen LogP contribution in [0, 0.1) is 6.92 Å². The minimum Gasteiger partial charge on any atom is -0.459 e. The normalized spacial score (nSPS) is 11.0. The molecule has 0 saturated heterocycles. The number of hydrogen-bond acceptors (Lipinski definition) is 6. The van der Waals surface area contributed by atoms with E-state index in [9.17, 15) is 4.79 Å². The standard InChI is InChI=1S/C19H21N3O2S/c1-12(2)24-19(23)16-13(3)15-17(21-11-22-18(15)25-16)20-10-9-14-7-5-4-6-8-14/h4-8,11-12H,9-10H2,1-3H3,(H,20,21,22). The number of carbonyl (C=O) groups is 1. The minimum atomic E-state index is -0.300. The number of anilines is 1. The first-order valence-electron chi connectivity index (χ1n) is 8.29. The van der Waals surface area contributed by atoms with Crippen molar-refractivity contribution in [3.63, 3.8) is 0 Å². The fraction of sp³-hybridized carbons (Fsp3) is 0.316. The van der Waals surface area contributed by atoms with Gasteiger partial charge in [-0.3, -0.25) is 0 Å². The lowest BCUT2D eigenvalue weighted by atomic mass is 10.1. The van der Waals surface area contributed by atoms with E-state index >= 15 is 0 Å². The molecule has 1 N–H and O–H groups in total. The van der Waals surface area contributed by atoms with Crippen molar-refractivity contribution in [1.82, 2.24) is 9.97 Å². The molecule has 0 fully saturated rings. The van der Waals surface area contributed by atoms with Crippen LogP contribution in [-0.4, -0.2) is 28.6 Å². The van der Waals surface area contributed by atoms with Crippen LogP contribution < -0.4 is 5.32 Å². The van der Waals surface area contributed by atoms with Gasteiger partial charge in [0.05, 0.1) is 11.5 Å². The molecular formula is C19H21N3O2S. The quantitative estimate of drug-likeness (QED) is 0.671. The van der Waals surface area contributed by atoms with Crippen LogP contribution in [-0.2, 0) is 11.2 Å². The molecule has 0 aliphatic rings. The molecule has 0 saturated carbocycles. The van der Waals surface area contributed by atoms with Crippen LogP contribution in [0.5, 0.6) is 0 Å². The van der Waals surface area contributed by atoms with Gasteiger partial charge in [-0.25, -0.2) is 14.8 Å². The highest BCUT2D eigenvalue weighted by molar-refractivity contribution is 7.20. The Bertz CT molecular complexity index is 875. The number of rotatable bonds is 6. The number of benzene rings is 1. The summed E-state index contributed by atoms with van der Waals surface area (Å²) in [6.45, 7) is 6.37. The molecule has 0 aliphatic carbocycles. The first kappa shape index (κ1) is 17.4. The maximum absolute atomic E-state index is 12.3. The van der Waals surface area contributed by atoms with E-state index in [2.05, 4.69) is 27.4 Å². The zero-order valence-corrected chi connectivity index (χ0v) is 15.4. The van der Waals surface area contributed by atoms with Crippen molar-refractivity contribution in [2.45, 2.75) is 33.3 Å². The van der Waals surface area contributed by atoms with Crippen LogP contribution in [0.1, 0.15) is 34.6 Å². The first-order chi connectivity index (χ1) is 12.1. The molecule has 3 rings (SSSR count). The number of carbonyl (C=O) groups excluding carboxylic acids is 1. The van der Waals surface area contributed by atoms with E-state index in [1.54, 1.807) is 0 Å². The lowest BCUT2D eigenvalue weighted by Gasteiger charge is -2.08. The number of thiophene rings is 1. The molecule has 130 valence electrons. The minimum absolute atomic E-state index is 0.147. The summed E-state index contributed by atoms with van der Waals surface area (Å²) < 4.78 is 5.33. The summed E-state index contributed by atoms with van der Waals surface area (Å²) in [7, 11) is 0. The summed E-state index contributed by atoms with van der Waals surface area (Å²) in [5.74, 6) is 0.462. The van der Waals surface area contributed by atoms with Crippen LogP contribution in [0.4, 0.5) is 5.82 Å². The number of nitrogens with one attached hydrogen (secondary N) is 1. The Morgan fingerprint density at radius 1 is 1.24 bits per heavy atom. The van der Waals surface area contributed by atoms with Crippen molar-refractivity contribution in [2.75, 3.05) is 11.9 Å². The molecule has 5 nitrogen and oxygen atoms in total. The van der Waals surface area contributed by atoms with Crippen LogP contribution in [0.2, 0.25) is 0 Å². The van der Waals surface area contributed by atoms with Gasteiger partial charge in [0.1, 0.15) is 21.9 Å². The number of nitrogens with zero attached hydrogens (tertiary/aromatic N) is 2. The molecule has 2 aromatic heterocycles. The summed E-state index contributed by atoms with van der Waals surface area (Å²) >= 11 is 1.35. The van der Waals surface area contributed by atoms with Crippen molar-refractivity contribution in [3.05, 3.63) is 52.7 Å². The summed E-state index contributed by atoms with van der Waals surface area (Å²) in [4.78, 5) is 22.3. The van der Waals surface area contributed by atoms with E-state index in [0.29, 0.717) is 4.88 Å². The number of hydrogen-bond donors (Lipinski definition) is 1. The molecule has 0 atom stereocenters. The highest BCUT2D eigenvalue weighted by Gasteiger charge is 2.20. The SMILES string of the molecule is Cc1c(C(=O)OC(C)C)sc2ncnc(NCCc3ccccc3)c12. The third-order valence-corrected chi connectivity index (χ3v) is 4.98. The fourth-order valence-electron chi connectivity index (χ4n) is 2.64. The van der Waals surface area contributed by atoms with E-state index in [1.807, 2.05) is 39.0 Å². The molecule has 25 heavy (non-hydrogen) atoms. The third-order valence-electron chi connectivity index (χ3n) is 3.80. The molecule has 6 heteroatoms. The lowest BCUT2D eigenvalue weighted by molar-refractivity contribution is 0.0383. The van der Waals surface area contributed by atoms with Gasteiger partial charge < -0.3 is 10.1 Å². The highest BCUT2D eigenvalue weighted by Crippen LogP contribution is 2.33. The van der Waals surface area contributed by atoms with Crippen LogP contribution in [0.25, 0.3) is 10.2 Å². The highest BCUT2D eigenvalue weighted by atomic mass is 32.1. The van der Waals surface area contributed by atoms with Crippen molar-refractivity contribution in [1.29, 1.82) is 0 Å². The molecule has 0 unspecified atom stereocenters. The van der Waals surface area contributed by atoms with E-state index in [1.165, 1.54) is 23.2 Å². The molecule has 0 spiro atoms. The van der Waals surface area contributed by atoms with Gasteiger partial charge in [0.15, 0.2) is 0 Å². The van der Waals surface area contributed by atoms with Crippen LogP contribution >= 0.6 is 11.3 Å². The molecule has 0 amide bonds. The second-order valence-electron chi connectivity index (χ2n) is 6.08. The lowest BCUT2D eigenvalue weighted by Crippen LogP contribution is -2.11. The van der Waals surface area contributed by atoms with E-state index < -0.39 is 0 Å². The average molecular weight is 355 g/mol. The second kappa shape index (κ2) is 7.61. The number of aryl methyl sites for hydroxylation is 1. The Morgan fingerprint density at radius 3 is 2.72 bits per heavy atom. The molecule has 0 radical (unpaired) electrons. The Balaban J connectivity index is 1.81. The van der Waals surface area contributed by atoms with E-state index in [4.69, 9.17) is 4.74 Å². The predicted octanol–water partition coefficient (Wildman–Crippen LogP) is 4.22. The number of aromatic nitrogens is 2. The zero-order chi connectivity index (χ0) is 17.8. The van der Waals surface area contributed by atoms with Crippen molar-refractivity contribution < 1.29 is 9.53 Å². The predicted molar refractivity (Wildman–Crippen MR) is 101 cm³/mol. The van der Waals surface area contributed by atoms with Gasteiger partial charge in [-0.1, -0.05) is 30.3 Å². The molecule has 2 heterocycles. The van der Waals surface area contributed by atoms with Gasteiger partial charge in [0.2, 0.25) is 0 Å². The zero-order valence-electron chi connectivity index (χ0n) is 14.6. The molecule has 1 aromatic carbocycles. The van der Waals surface area contributed by atoms with Gasteiger partial charge in [0, 0.05) is 6.54 Å². The topological polar surface area (TPSA) is 64.1 Å². The Labute approximate surface area is 151 Å². The van der Waals surface area contributed by atoms with Crippen molar-refractivity contribution in [2.24, 2.45) is 0 Å². The largest absolute Gasteiger partial charge is 0.459 e. The third kappa shape index (κ3) is 3.96. The Kier molecular flexibility index (Phi) is 5.28. The summed E-state index contributed by atoms with van der Waals surface area (Å²) in [5.41, 5.74) is 2.14. The van der Waals surface area contributed by atoms with E-state index in [-0.39, 0.29) is 12.1 Å². The smallest absolute Gasteiger partial charge is 0.348 e. The maximum atomic E-state index is 12.3. The number of ether oxygens (including phenoxy) is 1. The molecular weight excluding hydrogens is 334 g/mol. The van der Waals surface area contributed by atoms with Gasteiger partial charge in [0.25, 0.3) is 0 Å². The van der Waals surface area contributed by atoms with E-state index in [0.717, 1.165) is 34.6 Å². The van der Waals surface area contributed by atoms with Crippen LogP contribution in [0.3, 0.4) is 0 Å². The second-order valence-corrected chi connectivity index (χ2v) is 7.07. The maximum Gasteiger partial charge on any atom is 0.348 e. The summed E-state index contributed by atoms with van der Waals surface area (Å²) in [5, 5.41) is 4.27. The summed E-state index contributed by atoms with van der Waals surface area (Å²) in [6.07, 6.45) is 2.28. The van der Waals surface area contributed by atoms with Gasteiger partial charge in [-0.15, -0.1) is 11.3 Å². The van der Waals surface area contributed by atoms with Gasteiger partial charge in [-0.05, 0) is 38.3 Å². The van der Waals surface area contributed by atoms with Gasteiger partial charge >= 0.3 is 5.97 Å². The monoisotopic (exact) mass is 355 g/mol. The fourth-order valence-corrected chi connectivity index (χ4v) is 3.67. The number of fused-ring (bicyclic) bond motifs is 1. The van der Waals surface area contributed by atoms with Crippen LogP contribution in [0.15, 0.2) is 36.7 Å². The Hall–Kier alpha value is -2.47. The first-order valence-corrected chi connectivity index (χ1v) is 9.10. The molecule has 0 bridgehead atoms. The molecule has 3 aromatic rings. The average Bonchev–Trinajstić information content (AvgIpc) is 2.93.